The molecule has 0 bridgehead atoms. The molecule has 0 aliphatic rings. The van der Waals surface area contributed by atoms with E-state index < -0.39 is 10.1 Å². The van der Waals surface area contributed by atoms with E-state index in [1.807, 2.05) is 25.9 Å². The zero-order valence-corrected chi connectivity index (χ0v) is 18.6. The molecular formula is C21H29N3O5S. The van der Waals surface area contributed by atoms with Crippen LogP contribution in [0.4, 0.5) is 4.79 Å². The third-order valence-electron chi connectivity index (χ3n) is 4.28. The molecule has 8 nitrogen and oxygen atoms in total. The van der Waals surface area contributed by atoms with Crippen LogP contribution in [0.5, 0.6) is 11.5 Å². The van der Waals surface area contributed by atoms with Crippen LogP contribution >= 0.6 is 0 Å². The monoisotopic (exact) mass is 435 g/mol. The topological polar surface area (TPSA) is 88.2 Å². The molecule has 0 spiro atoms. The first-order chi connectivity index (χ1) is 14.2. The fourth-order valence-electron chi connectivity index (χ4n) is 2.62. The number of nitrogens with zero attached hydrogens (tertiary/aromatic N) is 2. The van der Waals surface area contributed by atoms with Crippen molar-refractivity contribution in [1.82, 2.24) is 15.1 Å². The fraction of sp³-hybridized carbons (Fsp3) is 0.381. The van der Waals surface area contributed by atoms with Gasteiger partial charge in [-0.3, -0.25) is 0 Å². The smallest absolute Gasteiger partial charge is 0.339 e. The van der Waals surface area contributed by atoms with E-state index in [1.165, 1.54) is 19.2 Å². The third kappa shape index (κ3) is 6.93. The summed E-state index contributed by atoms with van der Waals surface area (Å²) < 4.78 is 35.1. The Hall–Kier alpha value is -2.78. The minimum absolute atomic E-state index is 0.0403. The molecule has 0 heterocycles. The number of hydrogen-bond donors (Lipinski definition) is 1. The maximum absolute atomic E-state index is 12.4. The number of carbonyl (C=O) groups is 1. The van der Waals surface area contributed by atoms with Gasteiger partial charge in [0.25, 0.3) is 0 Å². The number of ether oxygens (including phenoxy) is 1. The second-order valence-electron chi connectivity index (χ2n) is 6.92. The van der Waals surface area contributed by atoms with Gasteiger partial charge < -0.3 is 24.0 Å². The van der Waals surface area contributed by atoms with Gasteiger partial charge in [-0.2, -0.15) is 8.42 Å². The SMILES string of the molecule is CCNC(=O)N(CCN(C)C)Cc1ccc(OS(=O)(=O)c2ccc(OC)cc2)cc1. The Morgan fingerprint density at radius 3 is 2.10 bits per heavy atom. The van der Waals surface area contributed by atoms with Gasteiger partial charge in [0.05, 0.1) is 7.11 Å². The Balaban J connectivity index is 2.07. The summed E-state index contributed by atoms with van der Waals surface area (Å²) in [5.74, 6) is 0.761. The molecule has 30 heavy (non-hydrogen) atoms. The van der Waals surface area contributed by atoms with Gasteiger partial charge in [0.2, 0.25) is 0 Å². The van der Waals surface area contributed by atoms with Crippen LogP contribution in [0.3, 0.4) is 0 Å². The Labute approximate surface area is 178 Å². The van der Waals surface area contributed by atoms with E-state index >= 15 is 0 Å². The molecule has 0 fully saturated rings. The van der Waals surface area contributed by atoms with E-state index in [0.717, 1.165) is 12.1 Å². The average Bonchev–Trinajstić information content (AvgIpc) is 2.72. The van der Waals surface area contributed by atoms with E-state index in [2.05, 4.69) is 5.32 Å². The van der Waals surface area contributed by atoms with E-state index in [1.54, 1.807) is 41.3 Å². The summed E-state index contributed by atoms with van der Waals surface area (Å²) >= 11 is 0. The second-order valence-corrected chi connectivity index (χ2v) is 8.46. The molecule has 0 saturated heterocycles. The number of methoxy groups -OCH3 is 1. The summed E-state index contributed by atoms with van der Waals surface area (Å²) in [4.78, 5) is 16.1. The van der Waals surface area contributed by atoms with Gasteiger partial charge in [0.15, 0.2) is 0 Å². The molecule has 1 N–H and O–H groups in total. The molecule has 0 aromatic heterocycles. The van der Waals surface area contributed by atoms with Crippen molar-refractivity contribution in [3.8, 4) is 11.5 Å². The van der Waals surface area contributed by atoms with Crippen molar-refractivity contribution in [1.29, 1.82) is 0 Å². The highest BCUT2D eigenvalue weighted by Crippen LogP contribution is 2.21. The van der Waals surface area contributed by atoms with Gasteiger partial charge in [-0.1, -0.05) is 12.1 Å². The highest BCUT2D eigenvalue weighted by Gasteiger charge is 2.17. The molecule has 2 amide bonds. The van der Waals surface area contributed by atoms with Crippen LogP contribution in [0.25, 0.3) is 0 Å². The summed E-state index contributed by atoms with van der Waals surface area (Å²) in [5, 5.41) is 2.81. The number of hydrogen-bond acceptors (Lipinski definition) is 6. The third-order valence-corrected chi connectivity index (χ3v) is 5.54. The Morgan fingerprint density at radius 2 is 1.57 bits per heavy atom. The first kappa shape index (κ1) is 23.5. The van der Waals surface area contributed by atoms with Crippen molar-refractivity contribution in [2.24, 2.45) is 0 Å². The van der Waals surface area contributed by atoms with Crippen molar-refractivity contribution in [3.63, 3.8) is 0 Å². The van der Waals surface area contributed by atoms with Crippen LogP contribution in [-0.4, -0.2) is 65.1 Å². The Morgan fingerprint density at radius 1 is 0.967 bits per heavy atom. The summed E-state index contributed by atoms with van der Waals surface area (Å²) in [7, 11) is 1.46. The highest BCUT2D eigenvalue weighted by atomic mass is 32.2. The lowest BCUT2D eigenvalue weighted by atomic mass is 10.2. The summed E-state index contributed by atoms with van der Waals surface area (Å²) in [6, 6.07) is 12.5. The quantitative estimate of drug-likeness (QED) is 0.577. The minimum Gasteiger partial charge on any atom is -0.497 e. The largest absolute Gasteiger partial charge is 0.497 e. The average molecular weight is 436 g/mol. The number of likely N-dealkylation sites (N-methyl/N-ethyl adjacent to an activating group) is 1. The predicted octanol–water partition coefficient (Wildman–Crippen LogP) is 2.56. The van der Waals surface area contributed by atoms with E-state index in [4.69, 9.17) is 8.92 Å². The van der Waals surface area contributed by atoms with Gasteiger partial charge in [0.1, 0.15) is 16.4 Å². The van der Waals surface area contributed by atoms with Gasteiger partial charge in [-0.15, -0.1) is 0 Å². The first-order valence-corrected chi connectivity index (χ1v) is 11.0. The lowest BCUT2D eigenvalue weighted by Gasteiger charge is -2.24. The van der Waals surface area contributed by atoms with Crippen LogP contribution in [0.1, 0.15) is 12.5 Å². The van der Waals surface area contributed by atoms with Crippen LogP contribution < -0.4 is 14.2 Å². The number of rotatable bonds is 10. The van der Waals surface area contributed by atoms with Gasteiger partial charge in [0, 0.05) is 26.2 Å². The fourth-order valence-corrected chi connectivity index (χ4v) is 3.55. The Kier molecular flexibility index (Phi) is 8.49. The zero-order valence-electron chi connectivity index (χ0n) is 17.8. The van der Waals surface area contributed by atoms with Crippen LogP contribution in [0.15, 0.2) is 53.4 Å². The molecule has 0 radical (unpaired) electrons. The summed E-state index contributed by atoms with van der Waals surface area (Å²) in [6.45, 7) is 4.14. The molecule has 9 heteroatoms. The zero-order chi connectivity index (χ0) is 22.1. The molecule has 0 aliphatic heterocycles. The lowest BCUT2D eigenvalue weighted by molar-refractivity contribution is 0.189. The number of benzene rings is 2. The van der Waals surface area contributed by atoms with E-state index in [-0.39, 0.29) is 16.7 Å². The lowest BCUT2D eigenvalue weighted by Crippen LogP contribution is -2.42. The van der Waals surface area contributed by atoms with Crippen LogP contribution in [0.2, 0.25) is 0 Å². The summed E-state index contributed by atoms with van der Waals surface area (Å²) in [6.07, 6.45) is 0. The van der Waals surface area contributed by atoms with Gasteiger partial charge >= 0.3 is 16.1 Å². The molecule has 164 valence electrons. The maximum Gasteiger partial charge on any atom is 0.339 e. The van der Waals surface area contributed by atoms with Crippen molar-refractivity contribution >= 4 is 16.1 Å². The standard InChI is InChI=1S/C21H29N3O5S/c1-5-22-21(25)24(15-14-23(2)3)16-17-6-8-19(9-7-17)29-30(26,27)20-12-10-18(28-4)11-13-20/h6-13H,5,14-16H2,1-4H3,(H,22,25). The normalized spacial score (nSPS) is 11.2. The summed E-state index contributed by atoms with van der Waals surface area (Å²) in [5.41, 5.74) is 0.870. The molecule has 2 aromatic rings. The van der Waals surface area contributed by atoms with E-state index in [9.17, 15) is 13.2 Å². The van der Waals surface area contributed by atoms with Gasteiger partial charge in [-0.05, 0) is 63.0 Å². The molecule has 2 aromatic carbocycles. The molecule has 0 saturated carbocycles. The van der Waals surface area contributed by atoms with Crippen LogP contribution in [-0.2, 0) is 16.7 Å². The minimum atomic E-state index is -3.95. The molecule has 0 aliphatic carbocycles. The molecule has 0 unspecified atom stereocenters. The first-order valence-electron chi connectivity index (χ1n) is 9.60. The number of urea groups is 1. The second kappa shape index (κ2) is 10.8. The maximum atomic E-state index is 12.4. The number of amides is 2. The highest BCUT2D eigenvalue weighted by molar-refractivity contribution is 7.87. The molecule has 0 atom stereocenters. The van der Waals surface area contributed by atoms with Crippen LogP contribution in [0, 0.1) is 0 Å². The molecule has 2 rings (SSSR count). The Bertz CT molecular complexity index is 913. The predicted molar refractivity (Wildman–Crippen MR) is 115 cm³/mol. The van der Waals surface area contributed by atoms with Gasteiger partial charge in [-0.25, -0.2) is 4.79 Å². The van der Waals surface area contributed by atoms with Crippen molar-refractivity contribution in [2.75, 3.05) is 40.8 Å². The van der Waals surface area contributed by atoms with E-state index in [0.29, 0.717) is 25.4 Å². The number of carbonyl (C=O) groups excluding carboxylic acids is 1. The van der Waals surface area contributed by atoms with Crippen molar-refractivity contribution in [2.45, 2.75) is 18.4 Å². The van der Waals surface area contributed by atoms with Crippen molar-refractivity contribution in [3.05, 3.63) is 54.1 Å². The number of nitrogens with one attached hydrogen (secondary N) is 1. The van der Waals surface area contributed by atoms with Crippen molar-refractivity contribution < 1.29 is 22.1 Å². The molecular weight excluding hydrogens is 406 g/mol.